The molecule has 1 heterocycles. The van der Waals surface area contributed by atoms with Gasteiger partial charge in [0.1, 0.15) is 5.82 Å². The molecule has 1 N–H and O–H groups in total. The van der Waals surface area contributed by atoms with Gasteiger partial charge in [-0.15, -0.1) is 0 Å². The first-order valence-corrected chi connectivity index (χ1v) is 4.98. The van der Waals surface area contributed by atoms with E-state index in [2.05, 4.69) is 20.9 Å². The van der Waals surface area contributed by atoms with Crippen LogP contribution in [0.2, 0.25) is 0 Å². The van der Waals surface area contributed by atoms with Crippen molar-refractivity contribution in [3.8, 4) is 5.75 Å². The molecule has 15 heavy (non-hydrogen) atoms. The van der Waals surface area contributed by atoms with Crippen LogP contribution in [-0.4, -0.2) is 12.1 Å². The predicted octanol–water partition coefficient (Wildman–Crippen LogP) is 2.44. The highest BCUT2D eigenvalue weighted by atomic mass is 79.9. The minimum absolute atomic E-state index is 0.209. The molecule has 0 bridgehead atoms. The number of aromatic nitrogens is 1. The fraction of sp³-hybridized carbons (Fsp3) is 0.100. The SMILES string of the molecule is COc1cc2ccc(F)c(Br)c2[nH]c1=O. The number of hydrogen-bond acceptors (Lipinski definition) is 2. The Bertz CT molecular complexity index is 579. The number of hydrogen-bond donors (Lipinski definition) is 1. The standard InChI is InChI=1S/C10H7BrFNO2/c1-15-7-4-5-2-3-6(12)8(11)9(5)13-10(7)14/h2-4H,1H3,(H,13,14). The molecule has 0 aliphatic rings. The van der Waals surface area contributed by atoms with Gasteiger partial charge in [0.2, 0.25) is 0 Å². The highest BCUT2D eigenvalue weighted by Gasteiger charge is 2.08. The summed E-state index contributed by atoms with van der Waals surface area (Å²) >= 11 is 3.08. The summed E-state index contributed by atoms with van der Waals surface area (Å²) in [5.41, 5.74) is 0.0529. The Balaban J connectivity index is 2.87. The molecule has 1 aromatic carbocycles. The molecule has 0 aliphatic heterocycles. The number of ether oxygens (including phenoxy) is 1. The molecule has 0 saturated heterocycles. The van der Waals surface area contributed by atoms with E-state index < -0.39 is 5.82 Å². The summed E-state index contributed by atoms with van der Waals surface area (Å²) in [7, 11) is 1.41. The predicted molar refractivity (Wildman–Crippen MR) is 58.8 cm³/mol. The second-order valence-corrected chi connectivity index (χ2v) is 3.79. The van der Waals surface area contributed by atoms with Gasteiger partial charge in [0.05, 0.1) is 17.1 Å². The minimum Gasteiger partial charge on any atom is -0.491 e. The van der Waals surface area contributed by atoms with Crippen molar-refractivity contribution < 1.29 is 9.13 Å². The minimum atomic E-state index is -0.414. The highest BCUT2D eigenvalue weighted by Crippen LogP contribution is 2.25. The Morgan fingerprint density at radius 2 is 2.20 bits per heavy atom. The van der Waals surface area contributed by atoms with Crippen molar-refractivity contribution in [2.75, 3.05) is 7.11 Å². The fourth-order valence-electron chi connectivity index (χ4n) is 1.35. The smallest absolute Gasteiger partial charge is 0.290 e. The summed E-state index contributed by atoms with van der Waals surface area (Å²) in [5.74, 6) is -0.204. The quantitative estimate of drug-likeness (QED) is 0.866. The van der Waals surface area contributed by atoms with E-state index in [1.54, 1.807) is 12.1 Å². The van der Waals surface area contributed by atoms with Crippen molar-refractivity contribution in [2.45, 2.75) is 0 Å². The first-order chi connectivity index (χ1) is 7.13. The number of benzene rings is 1. The Labute approximate surface area is 93.0 Å². The van der Waals surface area contributed by atoms with E-state index >= 15 is 0 Å². The molecular formula is C10H7BrFNO2. The van der Waals surface area contributed by atoms with Crippen LogP contribution in [0.15, 0.2) is 27.5 Å². The first-order valence-electron chi connectivity index (χ1n) is 4.18. The van der Waals surface area contributed by atoms with Gasteiger partial charge in [-0.05, 0) is 34.1 Å². The Morgan fingerprint density at radius 1 is 1.47 bits per heavy atom. The Kier molecular flexibility index (Phi) is 2.48. The van der Waals surface area contributed by atoms with Gasteiger partial charge in [0, 0.05) is 5.39 Å². The third-order valence-electron chi connectivity index (χ3n) is 2.10. The summed E-state index contributed by atoms with van der Waals surface area (Å²) in [5, 5.41) is 0.708. The average molecular weight is 272 g/mol. The molecule has 0 fully saturated rings. The van der Waals surface area contributed by atoms with Crippen LogP contribution >= 0.6 is 15.9 Å². The number of halogens is 2. The van der Waals surface area contributed by atoms with Gasteiger partial charge in [0.25, 0.3) is 5.56 Å². The molecule has 1 aromatic heterocycles. The molecule has 2 aromatic rings. The molecule has 0 aliphatic carbocycles. The van der Waals surface area contributed by atoms with Crippen molar-refractivity contribution >= 4 is 26.8 Å². The topological polar surface area (TPSA) is 42.1 Å². The van der Waals surface area contributed by atoms with Gasteiger partial charge in [-0.2, -0.15) is 0 Å². The molecule has 3 nitrogen and oxygen atoms in total. The monoisotopic (exact) mass is 271 g/mol. The van der Waals surface area contributed by atoms with Crippen LogP contribution in [0.4, 0.5) is 4.39 Å². The maximum atomic E-state index is 13.2. The van der Waals surface area contributed by atoms with Crippen LogP contribution in [0, 0.1) is 5.82 Å². The number of nitrogens with one attached hydrogen (secondary N) is 1. The summed E-state index contributed by atoms with van der Waals surface area (Å²) in [6.45, 7) is 0. The number of H-pyrrole nitrogens is 1. The number of pyridine rings is 1. The van der Waals surface area contributed by atoms with Crippen LogP contribution in [0.25, 0.3) is 10.9 Å². The molecule has 0 unspecified atom stereocenters. The second kappa shape index (κ2) is 3.66. The maximum absolute atomic E-state index is 13.2. The van der Waals surface area contributed by atoms with Gasteiger partial charge < -0.3 is 9.72 Å². The number of aromatic amines is 1. The van der Waals surface area contributed by atoms with E-state index in [1.165, 1.54) is 13.2 Å². The average Bonchev–Trinajstić information content (AvgIpc) is 2.24. The third-order valence-corrected chi connectivity index (χ3v) is 2.87. The van der Waals surface area contributed by atoms with E-state index in [0.717, 1.165) is 0 Å². The largest absolute Gasteiger partial charge is 0.491 e. The third kappa shape index (κ3) is 1.63. The molecule has 78 valence electrons. The molecule has 0 atom stereocenters. The summed E-state index contributed by atoms with van der Waals surface area (Å²) in [6, 6.07) is 4.47. The molecular weight excluding hydrogens is 265 g/mol. The van der Waals surface area contributed by atoms with E-state index in [-0.39, 0.29) is 15.8 Å². The lowest BCUT2D eigenvalue weighted by Crippen LogP contribution is -2.09. The van der Waals surface area contributed by atoms with Gasteiger partial charge in [-0.3, -0.25) is 4.79 Å². The van der Waals surface area contributed by atoms with Crippen molar-refractivity contribution in [2.24, 2.45) is 0 Å². The van der Waals surface area contributed by atoms with E-state index in [4.69, 9.17) is 4.74 Å². The van der Waals surface area contributed by atoms with Crippen LogP contribution in [0.5, 0.6) is 5.75 Å². The normalized spacial score (nSPS) is 10.6. The summed E-state index contributed by atoms with van der Waals surface area (Å²) in [4.78, 5) is 14.0. The molecule has 5 heteroatoms. The molecule has 0 radical (unpaired) electrons. The van der Waals surface area contributed by atoms with E-state index in [9.17, 15) is 9.18 Å². The van der Waals surface area contributed by atoms with E-state index in [0.29, 0.717) is 10.9 Å². The lowest BCUT2D eigenvalue weighted by atomic mass is 10.2. The van der Waals surface area contributed by atoms with Gasteiger partial charge in [-0.25, -0.2) is 4.39 Å². The zero-order chi connectivity index (χ0) is 11.0. The lowest BCUT2D eigenvalue weighted by Gasteiger charge is -2.04. The Morgan fingerprint density at radius 3 is 2.87 bits per heavy atom. The lowest BCUT2D eigenvalue weighted by molar-refractivity contribution is 0.409. The van der Waals surface area contributed by atoms with Crippen molar-refractivity contribution in [1.82, 2.24) is 4.98 Å². The van der Waals surface area contributed by atoms with Crippen molar-refractivity contribution in [3.05, 3.63) is 38.8 Å². The van der Waals surface area contributed by atoms with Gasteiger partial charge >= 0.3 is 0 Å². The highest BCUT2D eigenvalue weighted by molar-refractivity contribution is 9.10. The molecule has 0 spiro atoms. The molecule has 2 rings (SSSR count). The van der Waals surface area contributed by atoms with Gasteiger partial charge in [-0.1, -0.05) is 0 Å². The first kappa shape index (κ1) is 10.2. The van der Waals surface area contributed by atoms with Crippen molar-refractivity contribution in [3.63, 3.8) is 0 Å². The van der Waals surface area contributed by atoms with Crippen LogP contribution in [-0.2, 0) is 0 Å². The summed E-state index contributed by atoms with van der Waals surface area (Å²) < 4.78 is 18.3. The summed E-state index contributed by atoms with van der Waals surface area (Å²) in [6.07, 6.45) is 0. The number of fused-ring (bicyclic) bond motifs is 1. The van der Waals surface area contributed by atoms with Crippen molar-refractivity contribution in [1.29, 1.82) is 0 Å². The second-order valence-electron chi connectivity index (χ2n) is 2.99. The maximum Gasteiger partial charge on any atom is 0.290 e. The van der Waals surface area contributed by atoms with Gasteiger partial charge in [0.15, 0.2) is 5.75 Å². The van der Waals surface area contributed by atoms with Crippen LogP contribution in [0.3, 0.4) is 0 Å². The Hall–Kier alpha value is -1.36. The zero-order valence-electron chi connectivity index (χ0n) is 7.80. The van der Waals surface area contributed by atoms with E-state index in [1.807, 2.05) is 0 Å². The number of rotatable bonds is 1. The zero-order valence-corrected chi connectivity index (χ0v) is 9.39. The molecule has 0 amide bonds. The molecule has 0 saturated carbocycles. The fourth-order valence-corrected chi connectivity index (χ4v) is 1.81. The van der Waals surface area contributed by atoms with Crippen LogP contribution in [0.1, 0.15) is 0 Å². The van der Waals surface area contributed by atoms with Crippen LogP contribution < -0.4 is 10.3 Å². The number of methoxy groups -OCH3 is 1.